The summed E-state index contributed by atoms with van der Waals surface area (Å²) in [5.74, 6) is 0.991. The van der Waals surface area contributed by atoms with Gasteiger partial charge < -0.3 is 9.64 Å². The van der Waals surface area contributed by atoms with Gasteiger partial charge in [-0.3, -0.25) is 4.79 Å². The van der Waals surface area contributed by atoms with Gasteiger partial charge in [0.15, 0.2) is 0 Å². The molecule has 1 saturated carbocycles. The Morgan fingerprint density at radius 2 is 2.00 bits per heavy atom. The lowest BCUT2D eigenvalue weighted by molar-refractivity contribution is -0.137. The minimum Gasteiger partial charge on any atom is -0.381 e. The van der Waals surface area contributed by atoms with Crippen LogP contribution in [-0.4, -0.2) is 30.1 Å². The van der Waals surface area contributed by atoms with Gasteiger partial charge in [0.2, 0.25) is 5.91 Å². The van der Waals surface area contributed by atoms with Crippen LogP contribution in [0.4, 0.5) is 0 Å². The van der Waals surface area contributed by atoms with Crippen molar-refractivity contribution < 1.29 is 9.53 Å². The van der Waals surface area contributed by atoms with Crippen LogP contribution in [0.1, 0.15) is 49.8 Å². The third-order valence-corrected chi connectivity index (χ3v) is 5.66. The Labute approximate surface area is 131 Å². The van der Waals surface area contributed by atoms with E-state index in [0.29, 0.717) is 17.9 Å². The first-order valence-corrected chi connectivity index (χ1v) is 9.10. The summed E-state index contributed by atoms with van der Waals surface area (Å²) >= 11 is 1.75. The van der Waals surface area contributed by atoms with Crippen molar-refractivity contribution in [3.05, 3.63) is 22.4 Å². The average Bonchev–Trinajstić information content (AvgIpc) is 3.19. The van der Waals surface area contributed by atoms with Gasteiger partial charge in [0.05, 0.1) is 6.54 Å². The first-order chi connectivity index (χ1) is 10.3. The molecule has 0 bridgehead atoms. The Hall–Kier alpha value is -0.870. The zero-order valence-electron chi connectivity index (χ0n) is 12.6. The van der Waals surface area contributed by atoms with Crippen LogP contribution in [0.5, 0.6) is 0 Å². The predicted octanol–water partition coefficient (Wildman–Crippen LogP) is 3.84. The van der Waals surface area contributed by atoms with Gasteiger partial charge in [-0.1, -0.05) is 18.9 Å². The van der Waals surface area contributed by atoms with E-state index in [1.165, 1.54) is 30.6 Å². The number of hydrogen-bond donors (Lipinski definition) is 0. The first kappa shape index (κ1) is 15.0. The molecule has 0 aromatic carbocycles. The van der Waals surface area contributed by atoms with Crippen LogP contribution in [0.2, 0.25) is 0 Å². The molecule has 2 aliphatic rings. The molecule has 1 amide bonds. The quantitative estimate of drug-likeness (QED) is 0.827. The van der Waals surface area contributed by atoms with Crippen molar-refractivity contribution in [1.82, 2.24) is 4.90 Å². The standard InChI is InChI=1S/C17H25NO2S/c19-17(12-14-4-1-2-5-14)18(13-16-6-3-11-21-16)15-7-9-20-10-8-15/h3,6,11,14-15H,1-2,4-5,7-10,12-13H2. The third-order valence-electron chi connectivity index (χ3n) is 4.80. The third kappa shape index (κ3) is 4.07. The van der Waals surface area contributed by atoms with Crippen LogP contribution in [0.25, 0.3) is 0 Å². The van der Waals surface area contributed by atoms with Crippen molar-refractivity contribution in [2.75, 3.05) is 13.2 Å². The molecule has 21 heavy (non-hydrogen) atoms. The SMILES string of the molecule is O=C(CC1CCCC1)N(Cc1cccs1)C1CCOCC1. The molecule has 3 nitrogen and oxygen atoms in total. The molecule has 0 radical (unpaired) electrons. The minimum absolute atomic E-state index is 0.363. The van der Waals surface area contributed by atoms with E-state index in [1.807, 2.05) is 0 Å². The fourth-order valence-corrected chi connectivity index (χ4v) is 4.27. The number of amides is 1. The Bertz CT molecular complexity index is 434. The summed E-state index contributed by atoms with van der Waals surface area (Å²) in [7, 11) is 0. The molecular formula is C17H25NO2S. The van der Waals surface area contributed by atoms with E-state index in [4.69, 9.17) is 4.74 Å². The number of carbonyl (C=O) groups excluding carboxylic acids is 1. The molecule has 2 heterocycles. The van der Waals surface area contributed by atoms with Crippen molar-refractivity contribution in [2.45, 2.75) is 57.5 Å². The van der Waals surface area contributed by atoms with Crippen molar-refractivity contribution in [3.63, 3.8) is 0 Å². The summed E-state index contributed by atoms with van der Waals surface area (Å²) in [4.78, 5) is 16.3. The molecule has 1 aliphatic heterocycles. The van der Waals surface area contributed by atoms with Crippen molar-refractivity contribution in [1.29, 1.82) is 0 Å². The lowest BCUT2D eigenvalue weighted by atomic mass is 10.0. The van der Waals surface area contributed by atoms with Crippen LogP contribution in [-0.2, 0) is 16.1 Å². The summed E-state index contributed by atoms with van der Waals surface area (Å²) in [6.07, 6.45) is 7.82. The topological polar surface area (TPSA) is 29.5 Å². The molecule has 0 unspecified atom stereocenters. The number of nitrogens with zero attached hydrogens (tertiary/aromatic N) is 1. The summed E-state index contributed by atoms with van der Waals surface area (Å²) in [6.45, 7) is 2.37. The molecule has 116 valence electrons. The second-order valence-corrected chi connectivity index (χ2v) is 7.33. The van der Waals surface area contributed by atoms with E-state index in [-0.39, 0.29) is 0 Å². The van der Waals surface area contributed by atoms with Gasteiger partial charge in [-0.15, -0.1) is 11.3 Å². The maximum absolute atomic E-state index is 12.8. The van der Waals surface area contributed by atoms with E-state index < -0.39 is 0 Å². The Kier molecular flexibility index (Phi) is 5.31. The van der Waals surface area contributed by atoms with Gasteiger partial charge >= 0.3 is 0 Å². The number of thiophene rings is 1. The molecule has 1 saturated heterocycles. The van der Waals surface area contributed by atoms with Crippen LogP contribution in [0.3, 0.4) is 0 Å². The van der Waals surface area contributed by atoms with E-state index in [9.17, 15) is 4.79 Å². The predicted molar refractivity (Wildman–Crippen MR) is 85.3 cm³/mol. The molecule has 1 aromatic rings. The highest BCUT2D eigenvalue weighted by Gasteiger charge is 2.28. The van der Waals surface area contributed by atoms with E-state index in [0.717, 1.165) is 39.0 Å². The van der Waals surface area contributed by atoms with Crippen molar-refractivity contribution >= 4 is 17.2 Å². The van der Waals surface area contributed by atoms with Gasteiger partial charge in [-0.05, 0) is 43.0 Å². The van der Waals surface area contributed by atoms with Gasteiger partial charge in [0.1, 0.15) is 0 Å². The van der Waals surface area contributed by atoms with E-state index in [2.05, 4.69) is 22.4 Å². The molecule has 1 aliphatic carbocycles. The largest absolute Gasteiger partial charge is 0.381 e. The lowest BCUT2D eigenvalue weighted by Gasteiger charge is -2.34. The number of carbonyl (C=O) groups is 1. The molecule has 0 atom stereocenters. The van der Waals surface area contributed by atoms with E-state index >= 15 is 0 Å². The number of ether oxygens (including phenoxy) is 1. The molecule has 2 fully saturated rings. The summed E-state index contributed by atoms with van der Waals surface area (Å²) in [5.41, 5.74) is 0. The Morgan fingerprint density at radius 3 is 2.67 bits per heavy atom. The number of hydrogen-bond acceptors (Lipinski definition) is 3. The van der Waals surface area contributed by atoms with Crippen LogP contribution in [0, 0.1) is 5.92 Å². The molecule has 0 spiro atoms. The number of rotatable bonds is 5. The maximum Gasteiger partial charge on any atom is 0.223 e. The Balaban J connectivity index is 1.65. The second kappa shape index (κ2) is 7.41. The van der Waals surface area contributed by atoms with Crippen LogP contribution in [0.15, 0.2) is 17.5 Å². The highest BCUT2D eigenvalue weighted by atomic mass is 32.1. The zero-order chi connectivity index (χ0) is 14.5. The van der Waals surface area contributed by atoms with Gasteiger partial charge in [-0.25, -0.2) is 0 Å². The first-order valence-electron chi connectivity index (χ1n) is 8.22. The monoisotopic (exact) mass is 307 g/mol. The smallest absolute Gasteiger partial charge is 0.223 e. The van der Waals surface area contributed by atoms with E-state index in [1.54, 1.807) is 11.3 Å². The zero-order valence-corrected chi connectivity index (χ0v) is 13.4. The van der Waals surface area contributed by atoms with Gasteiger partial charge in [0, 0.05) is 30.6 Å². The van der Waals surface area contributed by atoms with Crippen molar-refractivity contribution in [3.8, 4) is 0 Å². The molecule has 4 heteroatoms. The van der Waals surface area contributed by atoms with Crippen molar-refractivity contribution in [2.24, 2.45) is 5.92 Å². The lowest BCUT2D eigenvalue weighted by Crippen LogP contribution is -2.43. The normalized spacial score (nSPS) is 20.8. The summed E-state index contributed by atoms with van der Waals surface area (Å²) in [6, 6.07) is 4.58. The summed E-state index contributed by atoms with van der Waals surface area (Å²) in [5, 5.41) is 2.10. The Morgan fingerprint density at radius 1 is 1.24 bits per heavy atom. The molecule has 1 aromatic heterocycles. The molecule has 3 rings (SSSR count). The molecule has 0 N–H and O–H groups in total. The highest BCUT2D eigenvalue weighted by molar-refractivity contribution is 7.09. The molecular weight excluding hydrogens is 282 g/mol. The highest BCUT2D eigenvalue weighted by Crippen LogP contribution is 2.29. The summed E-state index contributed by atoms with van der Waals surface area (Å²) < 4.78 is 5.46. The fourth-order valence-electron chi connectivity index (χ4n) is 3.57. The minimum atomic E-state index is 0.363. The van der Waals surface area contributed by atoms with Gasteiger partial charge in [0.25, 0.3) is 0 Å². The second-order valence-electron chi connectivity index (χ2n) is 6.30. The fraction of sp³-hybridized carbons (Fsp3) is 0.706. The van der Waals surface area contributed by atoms with Crippen LogP contribution >= 0.6 is 11.3 Å². The average molecular weight is 307 g/mol. The maximum atomic E-state index is 12.8. The van der Waals surface area contributed by atoms with Crippen LogP contribution < -0.4 is 0 Å². The van der Waals surface area contributed by atoms with Gasteiger partial charge in [-0.2, -0.15) is 0 Å².